The fraction of sp³-hybridized carbons (Fsp3) is 0.400. The predicted molar refractivity (Wildman–Crippen MR) is 89.2 cm³/mol. The maximum Gasteiger partial charge on any atom is 0.273 e. The third-order valence-corrected chi connectivity index (χ3v) is 4.38. The van der Waals surface area contributed by atoms with Crippen LogP contribution in [-0.4, -0.2) is 51.9 Å². The molecule has 4 N–H and O–H groups in total. The monoisotopic (exact) mass is 334 g/mol. The Hall–Kier alpha value is -2.12. The number of anilines is 1. The topological polar surface area (TPSA) is 99.9 Å². The minimum atomic E-state index is -0.352. The van der Waals surface area contributed by atoms with Gasteiger partial charge >= 0.3 is 0 Å². The quantitative estimate of drug-likeness (QED) is 0.787. The maximum atomic E-state index is 12.3. The van der Waals surface area contributed by atoms with Crippen LogP contribution < -0.4 is 11.1 Å². The second-order valence-electron chi connectivity index (χ2n) is 5.67. The molecule has 122 valence electrons. The number of amides is 1. The molecule has 0 spiro atoms. The molecule has 1 fully saturated rings. The van der Waals surface area contributed by atoms with Crippen molar-refractivity contribution in [3.05, 3.63) is 29.2 Å². The van der Waals surface area contributed by atoms with Gasteiger partial charge in [-0.25, -0.2) is 9.97 Å². The van der Waals surface area contributed by atoms with Crippen LogP contribution in [0.1, 0.15) is 23.3 Å². The summed E-state index contributed by atoms with van der Waals surface area (Å²) >= 11 is 6.15. The number of aromatic nitrogens is 3. The van der Waals surface area contributed by atoms with Crippen LogP contribution in [0.15, 0.2) is 18.3 Å². The summed E-state index contributed by atoms with van der Waals surface area (Å²) in [5.41, 5.74) is 7.09. The molecule has 2 aromatic heterocycles. The van der Waals surface area contributed by atoms with Crippen molar-refractivity contribution in [2.75, 3.05) is 25.9 Å². The van der Waals surface area contributed by atoms with E-state index < -0.39 is 0 Å². The van der Waals surface area contributed by atoms with E-state index in [1.54, 1.807) is 6.20 Å². The summed E-state index contributed by atoms with van der Waals surface area (Å²) in [5, 5.41) is 3.01. The number of likely N-dealkylation sites (tertiary alicyclic amines) is 1. The van der Waals surface area contributed by atoms with E-state index in [0.717, 1.165) is 19.4 Å². The zero-order chi connectivity index (χ0) is 16.4. The Kier molecular flexibility index (Phi) is 4.49. The molecule has 7 nitrogen and oxygen atoms in total. The number of nitrogen functional groups attached to an aromatic ring is 1. The Labute approximate surface area is 139 Å². The summed E-state index contributed by atoms with van der Waals surface area (Å²) in [6, 6.07) is 3.98. The number of hydrogen-bond donors (Lipinski definition) is 3. The highest BCUT2D eigenvalue weighted by Gasteiger charge is 2.23. The fourth-order valence-corrected chi connectivity index (χ4v) is 3.00. The van der Waals surface area contributed by atoms with Crippen molar-refractivity contribution in [3.63, 3.8) is 0 Å². The number of halogens is 1. The minimum Gasteiger partial charge on any atom is -0.382 e. The smallest absolute Gasteiger partial charge is 0.273 e. The van der Waals surface area contributed by atoms with Gasteiger partial charge in [-0.15, -0.1) is 0 Å². The Balaban J connectivity index is 1.74. The van der Waals surface area contributed by atoms with Crippen LogP contribution in [0.2, 0.25) is 5.15 Å². The molecule has 0 bridgehead atoms. The molecule has 23 heavy (non-hydrogen) atoms. The first-order valence-corrected chi connectivity index (χ1v) is 7.89. The number of carbonyl (C=O) groups excluding carboxylic acids is 1. The lowest BCUT2D eigenvalue weighted by Gasteiger charge is -2.19. The van der Waals surface area contributed by atoms with Gasteiger partial charge in [-0.05, 0) is 38.6 Å². The molecule has 2 aromatic rings. The number of aromatic amines is 1. The van der Waals surface area contributed by atoms with Gasteiger partial charge in [-0.3, -0.25) is 4.79 Å². The fourth-order valence-electron chi connectivity index (χ4n) is 2.78. The van der Waals surface area contributed by atoms with Crippen LogP contribution in [0, 0.1) is 0 Å². The Morgan fingerprint density at radius 3 is 3.04 bits per heavy atom. The van der Waals surface area contributed by atoms with Gasteiger partial charge in [0, 0.05) is 18.8 Å². The Bertz CT molecular complexity index is 702. The second kappa shape index (κ2) is 6.55. The Morgan fingerprint density at radius 1 is 1.57 bits per heavy atom. The van der Waals surface area contributed by atoms with E-state index in [1.165, 1.54) is 0 Å². The number of H-pyrrole nitrogens is 1. The van der Waals surface area contributed by atoms with Crippen molar-refractivity contribution in [2.45, 2.75) is 18.9 Å². The number of likely N-dealkylation sites (N-methyl/N-ethyl adjacent to an activating group) is 1. The summed E-state index contributed by atoms with van der Waals surface area (Å²) in [6.45, 7) is 1.62. The first-order chi connectivity index (χ1) is 11.1. The van der Waals surface area contributed by atoms with Crippen molar-refractivity contribution in [3.8, 4) is 11.4 Å². The van der Waals surface area contributed by atoms with E-state index in [0.29, 0.717) is 24.0 Å². The highest BCUT2D eigenvalue weighted by molar-refractivity contribution is 6.32. The van der Waals surface area contributed by atoms with Crippen molar-refractivity contribution in [2.24, 2.45) is 0 Å². The van der Waals surface area contributed by atoms with Gasteiger partial charge < -0.3 is 20.9 Å². The normalized spacial score (nSPS) is 18.3. The molecular weight excluding hydrogens is 316 g/mol. The van der Waals surface area contributed by atoms with Gasteiger partial charge in [0.1, 0.15) is 5.69 Å². The largest absolute Gasteiger partial charge is 0.382 e. The molecule has 1 amide bonds. The molecule has 1 saturated heterocycles. The summed E-state index contributed by atoms with van der Waals surface area (Å²) in [4.78, 5) is 25.9. The van der Waals surface area contributed by atoms with Gasteiger partial charge in [0.25, 0.3) is 5.91 Å². The molecule has 0 saturated carbocycles. The van der Waals surface area contributed by atoms with E-state index >= 15 is 0 Å². The SMILES string of the molecule is CN1CCCC1CNC(=O)c1nc(Cl)c(-c2ccc[nH]2)nc1N. The molecule has 1 aliphatic heterocycles. The summed E-state index contributed by atoms with van der Waals surface area (Å²) in [6.07, 6.45) is 3.97. The molecule has 0 aromatic carbocycles. The van der Waals surface area contributed by atoms with Gasteiger partial charge in [0.15, 0.2) is 16.7 Å². The van der Waals surface area contributed by atoms with Crippen molar-refractivity contribution >= 4 is 23.3 Å². The molecule has 0 radical (unpaired) electrons. The molecule has 1 unspecified atom stereocenters. The lowest BCUT2D eigenvalue weighted by molar-refractivity contribution is 0.0939. The van der Waals surface area contributed by atoms with Crippen LogP contribution in [0.5, 0.6) is 0 Å². The van der Waals surface area contributed by atoms with Crippen LogP contribution in [-0.2, 0) is 0 Å². The van der Waals surface area contributed by atoms with Crippen molar-refractivity contribution < 1.29 is 4.79 Å². The molecule has 1 aliphatic rings. The van der Waals surface area contributed by atoms with E-state index in [1.807, 2.05) is 12.1 Å². The lowest BCUT2D eigenvalue weighted by Crippen LogP contribution is -2.38. The lowest BCUT2D eigenvalue weighted by atomic mass is 10.2. The van der Waals surface area contributed by atoms with Gasteiger partial charge in [-0.2, -0.15) is 0 Å². The first kappa shape index (κ1) is 15.8. The van der Waals surface area contributed by atoms with Crippen LogP contribution in [0.4, 0.5) is 5.82 Å². The number of nitrogens with two attached hydrogens (primary N) is 1. The number of nitrogens with one attached hydrogen (secondary N) is 2. The molecule has 0 aliphatic carbocycles. The van der Waals surface area contributed by atoms with Crippen LogP contribution in [0.3, 0.4) is 0 Å². The highest BCUT2D eigenvalue weighted by Crippen LogP contribution is 2.25. The van der Waals surface area contributed by atoms with Crippen molar-refractivity contribution in [1.29, 1.82) is 0 Å². The zero-order valence-corrected chi connectivity index (χ0v) is 13.6. The maximum absolute atomic E-state index is 12.3. The first-order valence-electron chi connectivity index (χ1n) is 7.51. The van der Waals surface area contributed by atoms with E-state index in [-0.39, 0.29) is 22.6 Å². The van der Waals surface area contributed by atoms with Crippen molar-refractivity contribution in [1.82, 2.24) is 25.2 Å². The average molecular weight is 335 g/mol. The zero-order valence-electron chi connectivity index (χ0n) is 12.8. The minimum absolute atomic E-state index is 0.0611. The van der Waals surface area contributed by atoms with E-state index in [9.17, 15) is 4.79 Å². The molecule has 3 heterocycles. The standard InChI is InChI=1S/C15H19ClN6O/c1-22-7-3-4-9(22)8-19-15(23)12-14(17)21-11(13(16)20-12)10-5-2-6-18-10/h2,5-6,9,18H,3-4,7-8H2,1H3,(H2,17,21)(H,19,23). The molecule has 8 heteroatoms. The van der Waals surface area contributed by atoms with Crippen LogP contribution >= 0.6 is 11.6 Å². The predicted octanol–water partition coefficient (Wildman–Crippen LogP) is 1.53. The number of nitrogens with zero attached hydrogens (tertiary/aromatic N) is 3. The number of carbonyl (C=O) groups is 1. The molecule has 3 rings (SSSR count). The summed E-state index contributed by atoms with van der Waals surface area (Å²) in [7, 11) is 2.06. The third-order valence-electron chi connectivity index (χ3n) is 4.12. The summed E-state index contributed by atoms with van der Waals surface area (Å²) in [5.74, 6) is -0.286. The molecule has 1 atom stereocenters. The number of hydrogen-bond acceptors (Lipinski definition) is 5. The number of rotatable bonds is 4. The Morgan fingerprint density at radius 2 is 2.39 bits per heavy atom. The van der Waals surface area contributed by atoms with Gasteiger partial charge in [0.2, 0.25) is 0 Å². The summed E-state index contributed by atoms with van der Waals surface area (Å²) < 4.78 is 0. The van der Waals surface area contributed by atoms with Crippen LogP contribution in [0.25, 0.3) is 11.4 Å². The molecular formula is C15H19ClN6O. The highest BCUT2D eigenvalue weighted by atomic mass is 35.5. The van der Waals surface area contributed by atoms with Gasteiger partial charge in [0.05, 0.1) is 5.69 Å². The van der Waals surface area contributed by atoms with E-state index in [2.05, 4.69) is 32.2 Å². The second-order valence-corrected chi connectivity index (χ2v) is 6.03. The van der Waals surface area contributed by atoms with Gasteiger partial charge in [-0.1, -0.05) is 11.6 Å². The third kappa shape index (κ3) is 3.30. The van der Waals surface area contributed by atoms with E-state index in [4.69, 9.17) is 17.3 Å². The average Bonchev–Trinajstić information content (AvgIpc) is 3.18.